The number of hydrogen-bond acceptors (Lipinski definition) is 0. The van der Waals surface area contributed by atoms with E-state index in [1.165, 1.54) is 5.57 Å². The van der Waals surface area contributed by atoms with E-state index < -0.39 is 0 Å². The standard InChI is InChI=1S/C13H18.C2H6/c1-5-9-11-13(8-4)12(7-3)10-6-2;1-2/h6-11H,2-3,5H2,1,4H3;1-2H3/b11-9-,12-10-,13-8-;. The van der Waals surface area contributed by atoms with Crippen molar-refractivity contribution >= 4 is 0 Å². The largest absolute Gasteiger partial charge is 0.0990 e. The lowest BCUT2D eigenvalue weighted by Crippen LogP contribution is -1.81. The van der Waals surface area contributed by atoms with Crippen molar-refractivity contribution in [3.8, 4) is 0 Å². The van der Waals surface area contributed by atoms with E-state index in [4.69, 9.17) is 0 Å². The van der Waals surface area contributed by atoms with E-state index in [1.54, 1.807) is 6.08 Å². The summed E-state index contributed by atoms with van der Waals surface area (Å²) in [6.07, 6.45) is 12.9. The summed E-state index contributed by atoms with van der Waals surface area (Å²) in [4.78, 5) is 0. The van der Waals surface area contributed by atoms with Gasteiger partial charge >= 0.3 is 0 Å². The molecule has 0 nitrogen and oxygen atoms in total. The molecule has 0 heteroatoms. The van der Waals surface area contributed by atoms with Crippen molar-refractivity contribution < 1.29 is 0 Å². The summed E-state index contributed by atoms with van der Waals surface area (Å²) in [6.45, 7) is 15.6. The molecule has 84 valence electrons. The molecule has 0 unspecified atom stereocenters. The molecule has 0 bridgehead atoms. The lowest BCUT2D eigenvalue weighted by Gasteiger charge is -2.00. The van der Waals surface area contributed by atoms with Crippen molar-refractivity contribution in [1.82, 2.24) is 0 Å². The summed E-state index contributed by atoms with van der Waals surface area (Å²) < 4.78 is 0. The minimum Gasteiger partial charge on any atom is -0.0990 e. The Bertz CT molecular complexity index is 249. The van der Waals surface area contributed by atoms with Gasteiger partial charge in [0.15, 0.2) is 0 Å². The van der Waals surface area contributed by atoms with Crippen LogP contribution in [0.5, 0.6) is 0 Å². The minimum absolute atomic E-state index is 1.05. The van der Waals surface area contributed by atoms with Crippen LogP contribution in [0, 0.1) is 0 Å². The summed E-state index contributed by atoms with van der Waals surface area (Å²) in [5.41, 5.74) is 2.30. The zero-order valence-corrected chi connectivity index (χ0v) is 10.6. The zero-order valence-electron chi connectivity index (χ0n) is 10.6. The maximum Gasteiger partial charge on any atom is -0.0194 e. The summed E-state index contributed by atoms with van der Waals surface area (Å²) in [5, 5.41) is 0. The summed E-state index contributed by atoms with van der Waals surface area (Å²) >= 11 is 0. The van der Waals surface area contributed by atoms with Crippen LogP contribution < -0.4 is 0 Å². The number of allylic oxidation sites excluding steroid dienone is 8. The molecule has 0 saturated heterocycles. The normalized spacial score (nSPS) is 12.0. The van der Waals surface area contributed by atoms with Crippen LogP contribution in [-0.2, 0) is 0 Å². The average Bonchev–Trinajstić information content (AvgIpc) is 2.31. The van der Waals surface area contributed by atoms with E-state index in [0.717, 1.165) is 12.0 Å². The SMILES string of the molecule is C=C\C=C(C=C)/C(/C=C\CC)=C\C.CC. The molecule has 0 radical (unpaired) electrons. The van der Waals surface area contributed by atoms with Crippen LogP contribution in [0.1, 0.15) is 34.1 Å². The van der Waals surface area contributed by atoms with E-state index in [-0.39, 0.29) is 0 Å². The van der Waals surface area contributed by atoms with Crippen molar-refractivity contribution in [3.05, 3.63) is 60.8 Å². The van der Waals surface area contributed by atoms with Gasteiger partial charge in [0.1, 0.15) is 0 Å². The zero-order chi connectivity index (χ0) is 12.1. The molecule has 0 rings (SSSR count). The molecule has 0 aliphatic heterocycles. The van der Waals surface area contributed by atoms with Crippen molar-refractivity contribution in [2.24, 2.45) is 0 Å². The topological polar surface area (TPSA) is 0 Å². The van der Waals surface area contributed by atoms with E-state index in [9.17, 15) is 0 Å². The van der Waals surface area contributed by atoms with Crippen LogP contribution in [0.4, 0.5) is 0 Å². The van der Waals surface area contributed by atoms with Crippen LogP contribution in [-0.4, -0.2) is 0 Å². The molecular formula is C15H24. The van der Waals surface area contributed by atoms with Crippen LogP contribution in [0.2, 0.25) is 0 Å². The first-order chi connectivity index (χ1) is 7.29. The van der Waals surface area contributed by atoms with Gasteiger partial charge in [-0.05, 0) is 24.5 Å². The predicted molar refractivity (Wildman–Crippen MR) is 73.0 cm³/mol. The lowest BCUT2D eigenvalue weighted by atomic mass is 10.0. The van der Waals surface area contributed by atoms with Gasteiger partial charge in [-0.15, -0.1) is 0 Å². The third-order valence-electron chi connectivity index (χ3n) is 1.69. The molecule has 0 saturated carbocycles. The monoisotopic (exact) mass is 204 g/mol. The molecule has 0 fully saturated rings. The Morgan fingerprint density at radius 3 is 2.07 bits per heavy atom. The van der Waals surface area contributed by atoms with Gasteiger partial charge in [-0.3, -0.25) is 0 Å². The fourth-order valence-corrected chi connectivity index (χ4v) is 1.01. The smallest absolute Gasteiger partial charge is 0.0194 e. The molecular weight excluding hydrogens is 180 g/mol. The molecule has 0 spiro atoms. The van der Waals surface area contributed by atoms with Crippen molar-refractivity contribution in [3.63, 3.8) is 0 Å². The van der Waals surface area contributed by atoms with Crippen LogP contribution in [0.3, 0.4) is 0 Å². The molecule has 0 heterocycles. The van der Waals surface area contributed by atoms with Gasteiger partial charge in [0.05, 0.1) is 0 Å². The van der Waals surface area contributed by atoms with Crippen molar-refractivity contribution in [2.75, 3.05) is 0 Å². The molecule has 0 amide bonds. The van der Waals surface area contributed by atoms with Crippen molar-refractivity contribution in [2.45, 2.75) is 34.1 Å². The van der Waals surface area contributed by atoms with Gasteiger partial charge in [-0.25, -0.2) is 0 Å². The highest BCUT2D eigenvalue weighted by molar-refractivity contribution is 5.46. The fraction of sp³-hybridized carbons (Fsp3) is 0.333. The van der Waals surface area contributed by atoms with E-state index >= 15 is 0 Å². The van der Waals surface area contributed by atoms with Gasteiger partial charge in [0.25, 0.3) is 0 Å². The van der Waals surface area contributed by atoms with Crippen LogP contribution >= 0.6 is 0 Å². The summed E-state index contributed by atoms with van der Waals surface area (Å²) in [6, 6.07) is 0. The first-order valence-corrected chi connectivity index (χ1v) is 5.58. The number of rotatable bonds is 5. The first kappa shape index (κ1) is 16.1. The highest BCUT2D eigenvalue weighted by Gasteiger charge is 1.93. The lowest BCUT2D eigenvalue weighted by molar-refractivity contribution is 1.22. The maximum absolute atomic E-state index is 3.77. The molecule has 15 heavy (non-hydrogen) atoms. The second kappa shape index (κ2) is 12.7. The Hall–Kier alpha value is -1.30. The van der Waals surface area contributed by atoms with E-state index in [1.807, 2.05) is 32.9 Å². The highest BCUT2D eigenvalue weighted by Crippen LogP contribution is 2.12. The van der Waals surface area contributed by atoms with Crippen LogP contribution in [0.15, 0.2) is 60.8 Å². The molecule has 0 aromatic rings. The molecule has 0 aliphatic rings. The third kappa shape index (κ3) is 7.75. The Kier molecular flexibility index (Phi) is 13.7. The average molecular weight is 204 g/mol. The Labute approximate surface area is 95.4 Å². The van der Waals surface area contributed by atoms with Crippen LogP contribution in [0.25, 0.3) is 0 Å². The second-order valence-corrected chi connectivity index (χ2v) is 2.62. The van der Waals surface area contributed by atoms with Gasteiger partial charge in [0, 0.05) is 0 Å². The fourth-order valence-electron chi connectivity index (χ4n) is 1.01. The molecule has 0 aromatic heterocycles. The molecule has 0 N–H and O–H groups in total. The minimum atomic E-state index is 1.05. The van der Waals surface area contributed by atoms with E-state index in [0.29, 0.717) is 0 Å². The van der Waals surface area contributed by atoms with E-state index in [2.05, 4.69) is 38.3 Å². The van der Waals surface area contributed by atoms with Gasteiger partial charge in [-0.1, -0.05) is 70.4 Å². The molecule has 0 aromatic carbocycles. The maximum atomic E-state index is 3.77. The first-order valence-electron chi connectivity index (χ1n) is 5.58. The Morgan fingerprint density at radius 1 is 1.13 bits per heavy atom. The van der Waals surface area contributed by atoms with Crippen molar-refractivity contribution in [1.29, 1.82) is 0 Å². The summed E-state index contributed by atoms with van der Waals surface area (Å²) in [5.74, 6) is 0. The second-order valence-electron chi connectivity index (χ2n) is 2.62. The number of hydrogen-bond donors (Lipinski definition) is 0. The summed E-state index contributed by atoms with van der Waals surface area (Å²) in [7, 11) is 0. The van der Waals surface area contributed by atoms with Gasteiger partial charge < -0.3 is 0 Å². The van der Waals surface area contributed by atoms with Gasteiger partial charge in [-0.2, -0.15) is 0 Å². The predicted octanol–water partition coefficient (Wildman–Crippen LogP) is 5.22. The molecule has 0 atom stereocenters. The Morgan fingerprint density at radius 2 is 1.73 bits per heavy atom. The molecule has 0 aliphatic carbocycles. The van der Waals surface area contributed by atoms with Gasteiger partial charge in [0.2, 0.25) is 0 Å². The highest BCUT2D eigenvalue weighted by atomic mass is 14.0. The quantitative estimate of drug-likeness (QED) is 0.538. The third-order valence-corrected chi connectivity index (χ3v) is 1.69. The Balaban J connectivity index is 0.